The lowest BCUT2D eigenvalue weighted by molar-refractivity contribution is -0.134. The summed E-state index contributed by atoms with van der Waals surface area (Å²) in [6, 6.07) is 15.3. The summed E-state index contributed by atoms with van der Waals surface area (Å²) in [4.78, 5) is 47.5. The van der Waals surface area contributed by atoms with Crippen LogP contribution in [-0.4, -0.2) is 63.0 Å². The molecule has 0 unspecified atom stereocenters. The molecule has 1 aromatic carbocycles. The smallest absolute Gasteiger partial charge is 0.258 e. The molecule has 8 heteroatoms. The molecule has 4 atom stereocenters. The van der Waals surface area contributed by atoms with Crippen LogP contribution in [0.4, 0.5) is 0 Å². The van der Waals surface area contributed by atoms with Crippen LogP contribution in [0.5, 0.6) is 0 Å². The van der Waals surface area contributed by atoms with E-state index in [4.69, 9.17) is 0 Å². The van der Waals surface area contributed by atoms with Crippen LogP contribution in [0.1, 0.15) is 33.2 Å². The van der Waals surface area contributed by atoms with Gasteiger partial charge in [-0.2, -0.15) is 0 Å². The summed E-state index contributed by atoms with van der Waals surface area (Å²) in [5, 5.41) is 10.4. The van der Waals surface area contributed by atoms with E-state index >= 15 is 0 Å². The fourth-order valence-corrected chi connectivity index (χ4v) is 5.49. The van der Waals surface area contributed by atoms with Crippen molar-refractivity contribution in [2.24, 2.45) is 11.8 Å². The number of hydrogen-bond donors (Lipinski definition) is 1. The Morgan fingerprint density at radius 1 is 1.08 bits per heavy atom. The number of aromatic nitrogens is 2. The predicted molar refractivity (Wildman–Crippen MR) is 136 cm³/mol. The number of aliphatic hydroxyl groups is 1. The van der Waals surface area contributed by atoms with Gasteiger partial charge in [-0.3, -0.25) is 19.4 Å². The second-order valence-corrected chi connectivity index (χ2v) is 9.46. The van der Waals surface area contributed by atoms with Crippen molar-refractivity contribution in [1.82, 2.24) is 19.4 Å². The van der Waals surface area contributed by atoms with E-state index in [2.05, 4.69) is 4.98 Å². The van der Waals surface area contributed by atoms with Crippen LogP contribution in [0.3, 0.4) is 0 Å². The van der Waals surface area contributed by atoms with Crippen molar-refractivity contribution in [3.63, 3.8) is 0 Å². The monoisotopic (exact) mass is 484 g/mol. The fraction of sp³-hybridized carbons (Fsp3) is 0.286. The quantitative estimate of drug-likeness (QED) is 0.600. The first-order valence-corrected chi connectivity index (χ1v) is 11.9. The molecule has 0 aliphatic carbocycles. The minimum absolute atomic E-state index is 0.157. The average Bonchev–Trinajstić information content (AvgIpc) is 3.43. The number of pyridine rings is 2. The van der Waals surface area contributed by atoms with E-state index in [-0.39, 0.29) is 29.9 Å². The highest BCUT2D eigenvalue weighted by molar-refractivity contribution is 5.98. The van der Waals surface area contributed by atoms with E-state index in [0.29, 0.717) is 23.4 Å². The maximum absolute atomic E-state index is 13.7. The number of carbonyl (C=O) groups excluding carboxylic acids is 2. The Kier molecular flexibility index (Phi) is 6.28. The van der Waals surface area contributed by atoms with Gasteiger partial charge in [0.2, 0.25) is 5.91 Å². The summed E-state index contributed by atoms with van der Waals surface area (Å²) >= 11 is 0. The second-order valence-electron chi connectivity index (χ2n) is 9.46. The third-order valence-electron chi connectivity index (χ3n) is 7.20. The molecule has 2 aromatic heterocycles. The van der Waals surface area contributed by atoms with Gasteiger partial charge in [0.05, 0.1) is 11.6 Å². The van der Waals surface area contributed by atoms with Gasteiger partial charge in [-0.15, -0.1) is 0 Å². The van der Waals surface area contributed by atoms with E-state index < -0.39 is 18.0 Å². The molecule has 2 amide bonds. The normalized spacial score (nSPS) is 22.5. The van der Waals surface area contributed by atoms with Gasteiger partial charge in [0.1, 0.15) is 6.04 Å². The number of nitrogens with zero attached hydrogens (tertiary/aromatic N) is 4. The molecule has 0 spiro atoms. The lowest BCUT2D eigenvalue weighted by atomic mass is 9.88. The third-order valence-corrected chi connectivity index (χ3v) is 7.20. The summed E-state index contributed by atoms with van der Waals surface area (Å²) in [5.74, 6) is -1.38. The van der Waals surface area contributed by atoms with E-state index in [1.807, 2.05) is 42.5 Å². The van der Waals surface area contributed by atoms with Gasteiger partial charge in [-0.1, -0.05) is 36.4 Å². The fourth-order valence-electron chi connectivity index (χ4n) is 5.49. The highest BCUT2D eigenvalue weighted by Crippen LogP contribution is 2.50. The van der Waals surface area contributed by atoms with Crippen LogP contribution in [0.25, 0.3) is 12.2 Å². The van der Waals surface area contributed by atoms with E-state index in [1.54, 1.807) is 54.0 Å². The zero-order valence-corrected chi connectivity index (χ0v) is 20.2. The highest BCUT2D eigenvalue weighted by atomic mass is 16.3. The molecule has 0 saturated carbocycles. The Bertz CT molecular complexity index is 1370. The van der Waals surface area contributed by atoms with Gasteiger partial charge in [0.25, 0.3) is 11.5 Å². The maximum Gasteiger partial charge on any atom is 0.258 e. The highest BCUT2D eigenvalue weighted by Gasteiger charge is 2.57. The van der Waals surface area contributed by atoms with Gasteiger partial charge in [0, 0.05) is 62.7 Å². The summed E-state index contributed by atoms with van der Waals surface area (Å²) < 4.78 is 1.68. The minimum atomic E-state index is -0.839. The Morgan fingerprint density at radius 3 is 2.53 bits per heavy atom. The van der Waals surface area contributed by atoms with Crippen LogP contribution in [0.2, 0.25) is 0 Å². The molecular weight excluding hydrogens is 456 g/mol. The van der Waals surface area contributed by atoms with Crippen molar-refractivity contribution in [1.29, 1.82) is 0 Å². The van der Waals surface area contributed by atoms with E-state index in [0.717, 1.165) is 5.56 Å². The Balaban J connectivity index is 1.58. The second kappa shape index (κ2) is 9.54. The van der Waals surface area contributed by atoms with Gasteiger partial charge in [0.15, 0.2) is 0 Å². The summed E-state index contributed by atoms with van der Waals surface area (Å²) in [5.41, 5.74) is 2.39. The predicted octanol–water partition coefficient (Wildman–Crippen LogP) is 2.31. The topological polar surface area (TPSA) is 95.7 Å². The number of carbonyl (C=O) groups is 2. The first-order valence-electron chi connectivity index (χ1n) is 11.9. The largest absolute Gasteiger partial charge is 0.396 e. The zero-order valence-electron chi connectivity index (χ0n) is 20.2. The number of amides is 2. The molecule has 1 fully saturated rings. The Labute approximate surface area is 209 Å². The van der Waals surface area contributed by atoms with Crippen LogP contribution < -0.4 is 5.56 Å². The molecule has 0 radical (unpaired) electrons. The lowest BCUT2D eigenvalue weighted by Gasteiger charge is -2.32. The molecule has 1 saturated heterocycles. The van der Waals surface area contributed by atoms with Gasteiger partial charge >= 0.3 is 0 Å². The van der Waals surface area contributed by atoms with Crippen molar-refractivity contribution in [2.45, 2.75) is 18.6 Å². The molecule has 1 N–H and O–H groups in total. The van der Waals surface area contributed by atoms with Crippen molar-refractivity contribution < 1.29 is 14.7 Å². The number of hydrogen-bond acceptors (Lipinski definition) is 5. The number of fused-ring (bicyclic) bond motifs is 3. The number of likely N-dealkylation sites (N-methyl/N-ethyl adjacent to an activating group) is 1. The standard InChI is InChI=1S/C28H28N4O4/c1-30(2)28(36)25-22(17-33)21-16-31-23(24(21)32(25)27(35)20-9-6-14-29-15-20)13-12-19(26(31)34)11-10-18-7-4-3-5-8-18/h3-15,21-22,24-25,33H,16-17H2,1-2H3/b11-10+/t21-,22-,24+,25-/m0/s1. The van der Waals surface area contributed by atoms with Gasteiger partial charge in [-0.25, -0.2) is 0 Å². The molecule has 4 heterocycles. The van der Waals surface area contributed by atoms with E-state index in [9.17, 15) is 19.5 Å². The molecule has 184 valence electrons. The number of likely N-dealkylation sites (tertiary alicyclic amines) is 1. The number of benzene rings is 1. The average molecular weight is 485 g/mol. The first-order chi connectivity index (χ1) is 17.4. The maximum atomic E-state index is 13.7. The zero-order chi connectivity index (χ0) is 25.4. The molecule has 2 aliphatic rings. The summed E-state index contributed by atoms with van der Waals surface area (Å²) in [6.07, 6.45) is 6.73. The first kappa shape index (κ1) is 23.7. The Hall–Kier alpha value is -4.04. The Morgan fingerprint density at radius 2 is 1.86 bits per heavy atom. The van der Waals surface area contributed by atoms with Crippen molar-refractivity contribution in [2.75, 3.05) is 20.7 Å². The summed E-state index contributed by atoms with van der Waals surface area (Å²) in [6.45, 7) is 0.0524. The van der Waals surface area contributed by atoms with Crippen LogP contribution >= 0.6 is 0 Å². The lowest BCUT2D eigenvalue weighted by Crippen LogP contribution is -2.50. The molecule has 3 aromatic rings. The van der Waals surface area contributed by atoms with Crippen LogP contribution in [-0.2, 0) is 11.3 Å². The summed E-state index contributed by atoms with van der Waals surface area (Å²) in [7, 11) is 3.28. The van der Waals surface area contributed by atoms with Crippen LogP contribution in [0, 0.1) is 11.8 Å². The SMILES string of the molecule is CN(C)C(=O)[C@@H]1[C@@H](CO)[C@@H]2Cn3c(ccc(/C=C/c4ccccc4)c3=O)[C@@H]2N1C(=O)c1cccnc1. The van der Waals surface area contributed by atoms with Crippen LogP contribution in [0.15, 0.2) is 71.8 Å². The third kappa shape index (κ3) is 3.93. The van der Waals surface area contributed by atoms with E-state index in [1.165, 1.54) is 11.1 Å². The van der Waals surface area contributed by atoms with Gasteiger partial charge in [-0.05, 0) is 35.9 Å². The molecule has 8 nitrogen and oxygen atoms in total. The molecule has 0 bridgehead atoms. The molecule has 36 heavy (non-hydrogen) atoms. The van der Waals surface area contributed by atoms with Crippen molar-refractivity contribution in [3.05, 3.63) is 99.7 Å². The molecular formula is C28H28N4O4. The minimum Gasteiger partial charge on any atom is -0.396 e. The number of rotatable bonds is 5. The van der Waals surface area contributed by atoms with Crippen molar-refractivity contribution >= 4 is 24.0 Å². The molecule has 2 aliphatic heterocycles. The van der Waals surface area contributed by atoms with Crippen molar-refractivity contribution in [3.8, 4) is 0 Å². The van der Waals surface area contributed by atoms with Gasteiger partial charge < -0.3 is 19.5 Å². The number of aliphatic hydroxyl groups excluding tert-OH is 1. The molecule has 5 rings (SSSR count).